The van der Waals surface area contributed by atoms with Gasteiger partial charge in [0.2, 0.25) is 0 Å². The summed E-state index contributed by atoms with van der Waals surface area (Å²) in [5.74, 6) is -1.65. The molecule has 0 radical (unpaired) electrons. The predicted octanol–water partition coefficient (Wildman–Crippen LogP) is 13.6. The molecule has 25 heteroatoms. The number of piperidine rings is 2. The van der Waals surface area contributed by atoms with Crippen LogP contribution < -0.4 is 37.2 Å². The van der Waals surface area contributed by atoms with Crippen molar-refractivity contribution in [2.24, 2.45) is 11.8 Å². The van der Waals surface area contributed by atoms with E-state index in [0.717, 1.165) is 157 Å². The van der Waals surface area contributed by atoms with E-state index >= 15 is 4.39 Å². The fraction of sp³-hybridized carbons (Fsp3) is 0.375. The second-order valence-corrected chi connectivity index (χ2v) is 28.8. The Morgan fingerprint density at radius 2 is 0.938 bits per heavy atom. The van der Waals surface area contributed by atoms with Gasteiger partial charge in [-0.3, -0.25) is 28.9 Å². The summed E-state index contributed by atoms with van der Waals surface area (Å²) in [6, 6.07) is 42.3. The van der Waals surface area contributed by atoms with Crippen molar-refractivity contribution in [3.63, 3.8) is 0 Å². The molecule has 113 heavy (non-hydrogen) atoms. The Balaban J connectivity index is 0.000000191. The Hall–Kier alpha value is -11.6. The molecule has 0 saturated carbocycles. The van der Waals surface area contributed by atoms with Crippen molar-refractivity contribution in [2.45, 2.75) is 150 Å². The monoisotopic (exact) mass is 1530 g/mol. The number of likely N-dealkylation sites (tertiary alicyclic amines) is 1. The lowest BCUT2D eigenvalue weighted by Crippen LogP contribution is -2.32. The van der Waals surface area contributed by atoms with Gasteiger partial charge >= 0.3 is 0 Å². The van der Waals surface area contributed by atoms with Crippen molar-refractivity contribution >= 4 is 63.4 Å². The number of fused-ring (bicyclic) bond motifs is 2. The number of hydrogen-bond acceptors (Lipinski definition) is 17. The van der Waals surface area contributed by atoms with Gasteiger partial charge in [0.25, 0.3) is 23.6 Å². The SMILES string of the molecule is CCc1nc2c(cnn2CC)c(NC2CCOCC2)c1CNC(=O)c1cccc(C(=O)NCc2ccc(F)c(-c3cccc(C=O)c3)c2)c1.CCc1nc2c(cnn2CC)c(NC2CCOCC2)c1CNC(=O)c1cccc(C(=O)NCc2ccc(F)c(-c3cccc(CN4CCC(C#N)CC4)c3)c2)c1.N#CC1CCNCC1. The van der Waals surface area contributed by atoms with E-state index in [1.165, 1.54) is 12.1 Å². The topological polar surface area (TPSA) is 300 Å². The number of aldehydes is 1. The lowest BCUT2D eigenvalue weighted by Gasteiger charge is -2.29. The third-order valence-corrected chi connectivity index (χ3v) is 21.2. The normalized spacial score (nSPS) is 15.0. The Labute approximate surface area is 657 Å². The number of nitrogens with zero attached hydrogens (tertiary/aromatic N) is 9. The fourth-order valence-electron chi connectivity index (χ4n) is 14.8. The summed E-state index contributed by atoms with van der Waals surface area (Å²) in [5, 5.41) is 51.2. The Morgan fingerprint density at radius 1 is 0.513 bits per heavy atom. The molecular formula is C88H98F2N16O7. The zero-order valence-electron chi connectivity index (χ0n) is 64.6. The molecule has 4 amide bonds. The standard InChI is InChI=1S/C44H49FN8O3.C38H39FN6O4.C6H10N2/c1-3-40-37(41(50-35-15-19-56-20-16-35)38-27-49-53(4-2)42(38)51-40)26-48-44(55)34-10-6-9-33(23-34)43(54)47-25-30-11-12-39(45)36(22-30)32-8-5-7-31(21-32)28-52-17-13-29(24-46)14-18-52;1-3-34-31(35(43-29-13-15-49-16-14-29)32-22-42-45(4-2)36(32)44-34)21-41-38(48)28-10-6-9-27(19-28)37(47)40-20-24-11-12-33(39)30(18-24)26-8-5-7-25(17-26)23-46;7-5-6-1-3-8-4-2-6/h5-12,21-23,27,29,35H,3-4,13-20,25-26,28H2,1-2H3,(H,47,54)(H,48,55)(H,50,51);5-12,17-19,22-23,29H,3-4,13-16,20-21H2,1-2H3,(H,40,47)(H,41,48)(H,43,44);6,8H,1-4H2. The van der Waals surface area contributed by atoms with Crippen molar-refractivity contribution < 1.29 is 42.2 Å². The van der Waals surface area contributed by atoms with E-state index in [0.29, 0.717) is 115 Å². The smallest absolute Gasteiger partial charge is 0.251 e. The number of rotatable bonds is 25. The van der Waals surface area contributed by atoms with Gasteiger partial charge in [-0.1, -0.05) is 74.5 Å². The lowest BCUT2D eigenvalue weighted by molar-refractivity contribution is 0.0903. The quantitative estimate of drug-likeness (QED) is 0.0262. The molecule has 4 saturated heterocycles. The molecule has 8 heterocycles. The number of anilines is 2. The molecule has 10 aromatic rings. The van der Waals surface area contributed by atoms with Crippen molar-refractivity contribution in [3.8, 4) is 34.4 Å². The Kier molecular flexibility index (Phi) is 28.3. The van der Waals surface area contributed by atoms with Crippen LogP contribution in [0.2, 0.25) is 0 Å². The highest BCUT2D eigenvalue weighted by atomic mass is 19.1. The Bertz CT molecular complexity index is 5100. The second-order valence-electron chi connectivity index (χ2n) is 28.8. The van der Waals surface area contributed by atoms with Crippen molar-refractivity contribution in [3.05, 3.63) is 225 Å². The molecule has 4 fully saturated rings. The first-order valence-electron chi connectivity index (χ1n) is 39.3. The number of ether oxygens (including phenoxy) is 2. The average molecular weight is 1530 g/mol. The van der Waals surface area contributed by atoms with Crippen molar-refractivity contribution in [1.29, 1.82) is 10.5 Å². The summed E-state index contributed by atoms with van der Waals surface area (Å²) in [7, 11) is 0. The fourth-order valence-corrected chi connectivity index (χ4v) is 14.8. The van der Waals surface area contributed by atoms with E-state index in [9.17, 15) is 33.6 Å². The number of amides is 4. The van der Waals surface area contributed by atoms with Gasteiger partial charge in [-0.15, -0.1) is 0 Å². The number of halogens is 2. The van der Waals surface area contributed by atoms with Crippen LogP contribution in [0, 0.1) is 46.1 Å². The minimum absolute atomic E-state index is 0.124. The van der Waals surface area contributed by atoms with Gasteiger partial charge in [0, 0.05) is 158 Å². The molecule has 0 unspecified atom stereocenters. The lowest BCUT2D eigenvalue weighted by atomic mass is 9.97. The van der Waals surface area contributed by atoms with Crippen molar-refractivity contribution in [1.82, 2.24) is 61.0 Å². The number of carbonyl (C=O) groups excluding carboxylic acids is 5. The number of pyridine rings is 2. The third kappa shape index (κ3) is 20.8. The van der Waals surface area contributed by atoms with Crippen LogP contribution in [0.5, 0.6) is 0 Å². The number of nitriles is 2. The summed E-state index contributed by atoms with van der Waals surface area (Å²) in [6.45, 7) is 17.7. The van der Waals surface area contributed by atoms with Crippen molar-refractivity contribution in [2.75, 3.05) is 63.2 Å². The van der Waals surface area contributed by atoms with Gasteiger partial charge in [-0.2, -0.15) is 20.7 Å². The molecule has 586 valence electrons. The molecule has 4 aliphatic heterocycles. The number of carbonyl (C=O) groups is 5. The minimum Gasteiger partial charge on any atom is -0.381 e. The van der Waals surface area contributed by atoms with E-state index in [1.54, 1.807) is 97.1 Å². The summed E-state index contributed by atoms with van der Waals surface area (Å²) < 4.78 is 44.8. The van der Waals surface area contributed by atoms with Crippen LogP contribution in [-0.4, -0.2) is 129 Å². The molecule has 6 aromatic carbocycles. The van der Waals surface area contributed by atoms with Crippen LogP contribution >= 0.6 is 0 Å². The molecule has 0 spiro atoms. The molecule has 4 aromatic heterocycles. The van der Waals surface area contributed by atoms with Gasteiger partial charge < -0.3 is 46.7 Å². The molecule has 0 aliphatic carbocycles. The van der Waals surface area contributed by atoms with Gasteiger partial charge in [0.15, 0.2) is 11.3 Å². The van der Waals surface area contributed by atoms with Crippen LogP contribution in [0.3, 0.4) is 0 Å². The third-order valence-electron chi connectivity index (χ3n) is 21.2. The highest BCUT2D eigenvalue weighted by molar-refractivity contribution is 6.01. The molecule has 0 bridgehead atoms. The average Bonchev–Trinajstić information content (AvgIpc) is 1.63. The number of aromatic nitrogens is 6. The number of hydrogen-bond donors (Lipinski definition) is 7. The zero-order chi connectivity index (χ0) is 79.2. The maximum Gasteiger partial charge on any atom is 0.251 e. The molecule has 23 nitrogen and oxygen atoms in total. The highest BCUT2D eigenvalue weighted by Crippen LogP contribution is 2.35. The maximum absolute atomic E-state index is 15.2. The van der Waals surface area contributed by atoms with Gasteiger partial charge in [0.05, 0.1) is 46.7 Å². The van der Waals surface area contributed by atoms with Crippen LogP contribution in [0.4, 0.5) is 20.2 Å². The summed E-state index contributed by atoms with van der Waals surface area (Å²) >= 11 is 0. The van der Waals surface area contributed by atoms with E-state index in [1.807, 2.05) is 66.8 Å². The first-order valence-corrected chi connectivity index (χ1v) is 39.3. The largest absolute Gasteiger partial charge is 0.381 e. The van der Waals surface area contributed by atoms with E-state index in [2.05, 4.69) is 71.4 Å². The van der Waals surface area contributed by atoms with Crippen LogP contribution in [0.15, 0.2) is 146 Å². The zero-order valence-corrected chi connectivity index (χ0v) is 64.6. The maximum atomic E-state index is 15.2. The number of benzene rings is 6. The first kappa shape index (κ1) is 80.9. The molecule has 0 atom stereocenters. The predicted molar refractivity (Wildman–Crippen MR) is 432 cm³/mol. The van der Waals surface area contributed by atoms with Gasteiger partial charge in [0.1, 0.15) is 17.9 Å². The minimum atomic E-state index is -0.430. The summed E-state index contributed by atoms with van der Waals surface area (Å²) in [5.41, 5.74) is 13.6. The number of aryl methyl sites for hydroxylation is 4. The van der Waals surface area contributed by atoms with Gasteiger partial charge in [-0.05, 0) is 205 Å². The molecule has 4 aliphatic rings. The Morgan fingerprint density at radius 3 is 1.36 bits per heavy atom. The van der Waals surface area contributed by atoms with Crippen LogP contribution in [0.25, 0.3) is 44.3 Å². The highest BCUT2D eigenvalue weighted by Gasteiger charge is 2.27. The van der Waals surface area contributed by atoms with E-state index in [4.69, 9.17) is 24.7 Å². The van der Waals surface area contributed by atoms with E-state index in [-0.39, 0.29) is 73.6 Å². The van der Waals surface area contributed by atoms with Crippen LogP contribution in [-0.2, 0) is 68.1 Å². The molecular weight excluding hydrogens is 1430 g/mol. The number of nitrogens with one attached hydrogen (secondary N) is 7. The van der Waals surface area contributed by atoms with Crippen LogP contribution in [0.1, 0.15) is 170 Å². The second kappa shape index (κ2) is 39.5. The summed E-state index contributed by atoms with van der Waals surface area (Å²) in [4.78, 5) is 77.0. The summed E-state index contributed by atoms with van der Waals surface area (Å²) in [6.07, 6.45) is 13.1. The molecule has 7 N–H and O–H groups in total. The first-order chi connectivity index (χ1) is 55.1. The van der Waals surface area contributed by atoms with E-state index < -0.39 is 5.82 Å². The van der Waals surface area contributed by atoms with Gasteiger partial charge in [-0.25, -0.2) is 28.1 Å². The molecule has 14 rings (SSSR count).